The lowest BCUT2D eigenvalue weighted by Gasteiger charge is -2.42. The van der Waals surface area contributed by atoms with Crippen LogP contribution in [0.15, 0.2) is 24.5 Å². The lowest BCUT2D eigenvalue weighted by Crippen LogP contribution is -2.55. The van der Waals surface area contributed by atoms with Gasteiger partial charge in [-0.15, -0.1) is 0 Å². The molecule has 1 N–H and O–H groups in total. The molecule has 0 unspecified atom stereocenters. The Labute approximate surface area is 129 Å². The van der Waals surface area contributed by atoms with Crippen molar-refractivity contribution in [1.29, 1.82) is 0 Å². The number of rotatable bonds is 3. The smallest absolute Gasteiger partial charge is 0.248 e. The number of methoxy groups -OCH3 is 1. The minimum atomic E-state index is -0.246. The van der Waals surface area contributed by atoms with E-state index in [1.807, 2.05) is 23.2 Å². The van der Waals surface area contributed by atoms with Crippen molar-refractivity contribution in [2.24, 2.45) is 0 Å². The predicted octanol–water partition coefficient (Wildman–Crippen LogP) is 0.693. The third-order valence-electron chi connectivity index (χ3n) is 4.81. The van der Waals surface area contributed by atoms with Crippen LogP contribution in [0, 0.1) is 0 Å². The van der Waals surface area contributed by atoms with E-state index in [0.29, 0.717) is 19.5 Å². The number of nitrogens with one attached hydrogen (secondary N) is 1. The summed E-state index contributed by atoms with van der Waals surface area (Å²) >= 11 is 0. The van der Waals surface area contributed by atoms with Gasteiger partial charge in [-0.2, -0.15) is 0 Å². The molecule has 2 aliphatic heterocycles. The second-order valence-electron chi connectivity index (χ2n) is 6.06. The van der Waals surface area contributed by atoms with E-state index in [1.54, 1.807) is 6.20 Å². The number of carbonyl (C=O) groups is 2. The summed E-state index contributed by atoms with van der Waals surface area (Å²) in [6, 6.07) is 3.94. The second kappa shape index (κ2) is 6.04. The maximum Gasteiger partial charge on any atom is 0.248 e. The number of pyridine rings is 1. The van der Waals surface area contributed by atoms with Crippen molar-refractivity contribution < 1.29 is 14.3 Å². The molecular weight excluding hydrogens is 282 g/mol. The predicted molar refractivity (Wildman–Crippen MR) is 80.2 cm³/mol. The third-order valence-corrected chi connectivity index (χ3v) is 4.81. The fraction of sp³-hybridized carbons (Fsp3) is 0.562. The van der Waals surface area contributed by atoms with Gasteiger partial charge < -0.3 is 15.0 Å². The van der Waals surface area contributed by atoms with Crippen molar-refractivity contribution in [3.05, 3.63) is 30.1 Å². The van der Waals surface area contributed by atoms with Crippen molar-refractivity contribution in [2.45, 2.75) is 30.7 Å². The van der Waals surface area contributed by atoms with E-state index in [0.717, 1.165) is 18.4 Å². The van der Waals surface area contributed by atoms with Crippen LogP contribution in [0.3, 0.4) is 0 Å². The summed E-state index contributed by atoms with van der Waals surface area (Å²) < 4.78 is 4.91. The van der Waals surface area contributed by atoms with Crippen LogP contribution in [0.5, 0.6) is 0 Å². The molecule has 2 saturated heterocycles. The molecule has 1 aromatic rings. The monoisotopic (exact) mass is 303 g/mol. The van der Waals surface area contributed by atoms with Gasteiger partial charge >= 0.3 is 0 Å². The van der Waals surface area contributed by atoms with E-state index >= 15 is 0 Å². The largest absolute Gasteiger partial charge is 0.375 e. The highest BCUT2D eigenvalue weighted by atomic mass is 16.5. The third kappa shape index (κ3) is 2.70. The molecule has 2 fully saturated rings. The molecule has 3 heterocycles. The molecule has 6 nitrogen and oxygen atoms in total. The van der Waals surface area contributed by atoms with Crippen LogP contribution in [0.4, 0.5) is 0 Å². The van der Waals surface area contributed by atoms with E-state index < -0.39 is 0 Å². The van der Waals surface area contributed by atoms with E-state index in [1.165, 1.54) is 7.11 Å². The van der Waals surface area contributed by atoms with Crippen LogP contribution in [0.1, 0.15) is 30.7 Å². The van der Waals surface area contributed by atoms with Gasteiger partial charge in [0.05, 0.1) is 5.54 Å². The zero-order chi connectivity index (χ0) is 15.6. The molecule has 0 aliphatic carbocycles. The highest BCUT2D eigenvalue weighted by molar-refractivity contribution is 5.82. The van der Waals surface area contributed by atoms with E-state index in [9.17, 15) is 9.59 Å². The number of likely N-dealkylation sites (tertiary alicyclic amines) is 1. The topological polar surface area (TPSA) is 71.5 Å². The first-order valence-corrected chi connectivity index (χ1v) is 7.62. The number of piperidine rings is 1. The molecule has 2 aliphatic rings. The van der Waals surface area contributed by atoms with Crippen molar-refractivity contribution in [2.75, 3.05) is 26.8 Å². The molecule has 1 spiro atoms. The zero-order valence-corrected chi connectivity index (χ0v) is 12.7. The molecule has 0 aromatic carbocycles. The number of hydrogen-bond acceptors (Lipinski definition) is 4. The number of aromatic nitrogens is 1. The van der Waals surface area contributed by atoms with Gasteiger partial charge in [0.15, 0.2) is 0 Å². The molecule has 3 rings (SSSR count). The molecule has 118 valence electrons. The second-order valence-corrected chi connectivity index (χ2v) is 6.06. The van der Waals surface area contributed by atoms with E-state index in [-0.39, 0.29) is 29.9 Å². The average molecular weight is 303 g/mol. The lowest BCUT2D eigenvalue weighted by atomic mass is 9.75. The summed E-state index contributed by atoms with van der Waals surface area (Å²) in [6.07, 6.45) is 5.63. The molecule has 0 radical (unpaired) electrons. The number of nitrogens with zero attached hydrogens (tertiary/aromatic N) is 2. The Kier molecular flexibility index (Phi) is 4.11. The first-order valence-electron chi connectivity index (χ1n) is 7.62. The lowest BCUT2D eigenvalue weighted by molar-refractivity contribution is -0.136. The minimum Gasteiger partial charge on any atom is -0.375 e. The molecule has 1 atom stereocenters. The number of amides is 2. The maximum atomic E-state index is 12.0. The standard InChI is InChI=1S/C16H21N3O3/c1-22-11-15(21)19-7-4-16(5-8-19)13(9-14(20)18-16)12-3-2-6-17-10-12/h2-3,6,10,13H,4-5,7-9,11H2,1H3,(H,18,20)/t13-/m1/s1. The Morgan fingerprint density at radius 3 is 2.91 bits per heavy atom. The molecule has 22 heavy (non-hydrogen) atoms. The SMILES string of the molecule is COCC(=O)N1CCC2(CC1)NC(=O)C[C@@H]2c1cccnc1. The van der Waals surface area contributed by atoms with Gasteiger partial charge in [-0.05, 0) is 24.5 Å². The highest BCUT2D eigenvalue weighted by Crippen LogP contribution is 2.42. The first kappa shape index (κ1) is 15.0. The Morgan fingerprint density at radius 1 is 1.50 bits per heavy atom. The Morgan fingerprint density at radius 2 is 2.27 bits per heavy atom. The Balaban J connectivity index is 1.75. The normalized spacial score (nSPS) is 23.6. The summed E-state index contributed by atoms with van der Waals surface area (Å²) in [4.78, 5) is 29.9. The maximum absolute atomic E-state index is 12.0. The number of hydrogen-bond donors (Lipinski definition) is 1. The fourth-order valence-electron chi connectivity index (χ4n) is 3.66. The van der Waals surface area contributed by atoms with Crippen LogP contribution in [-0.2, 0) is 14.3 Å². The van der Waals surface area contributed by atoms with Gasteiger partial charge in [0.1, 0.15) is 6.61 Å². The van der Waals surface area contributed by atoms with Crippen LogP contribution < -0.4 is 5.32 Å². The quantitative estimate of drug-likeness (QED) is 0.892. The van der Waals surface area contributed by atoms with Gasteiger partial charge in [-0.3, -0.25) is 14.6 Å². The van der Waals surface area contributed by atoms with Crippen molar-refractivity contribution in [3.63, 3.8) is 0 Å². The summed E-state index contributed by atoms with van der Waals surface area (Å²) in [5.74, 6) is 0.235. The van der Waals surface area contributed by atoms with Gasteiger partial charge in [0.2, 0.25) is 11.8 Å². The van der Waals surface area contributed by atoms with E-state index in [2.05, 4.69) is 10.3 Å². The van der Waals surface area contributed by atoms with Crippen molar-refractivity contribution in [3.8, 4) is 0 Å². The van der Waals surface area contributed by atoms with Crippen molar-refractivity contribution >= 4 is 11.8 Å². The number of carbonyl (C=O) groups excluding carboxylic acids is 2. The van der Waals surface area contributed by atoms with Crippen LogP contribution in [-0.4, -0.2) is 54.0 Å². The average Bonchev–Trinajstić information content (AvgIpc) is 2.85. The zero-order valence-electron chi connectivity index (χ0n) is 12.7. The van der Waals surface area contributed by atoms with Crippen molar-refractivity contribution in [1.82, 2.24) is 15.2 Å². The summed E-state index contributed by atoms with van der Waals surface area (Å²) in [5.41, 5.74) is 0.849. The van der Waals surface area contributed by atoms with Crippen LogP contribution in [0.25, 0.3) is 0 Å². The highest BCUT2D eigenvalue weighted by Gasteiger charge is 2.49. The molecule has 2 amide bonds. The summed E-state index contributed by atoms with van der Waals surface area (Å²) in [5, 5.41) is 3.17. The van der Waals surface area contributed by atoms with Gasteiger partial charge in [-0.1, -0.05) is 6.07 Å². The number of ether oxygens (including phenoxy) is 1. The van der Waals surface area contributed by atoms with Gasteiger partial charge in [-0.25, -0.2) is 0 Å². The molecule has 0 bridgehead atoms. The van der Waals surface area contributed by atoms with Gasteiger partial charge in [0, 0.05) is 44.9 Å². The first-order chi connectivity index (χ1) is 10.6. The summed E-state index contributed by atoms with van der Waals surface area (Å²) in [7, 11) is 1.53. The molecular formula is C16H21N3O3. The van der Waals surface area contributed by atoms with Crippen LogP contribution in [0.2, 0.25) is 0 Å². The molecule has 0 saturated carbocycles. The Hall–Kier alpha value is -1.95. The molecule has 1 aromatic heterocycles. The molecule has 6 heteroatoms. The van der Waals surface area contributed by atoms with E-state index in [4.69, 9.17) is 4.74 Å². The Bertz CT molecular complexity index is 553. The minimum absolute atomic E-state index is 0.0135. The van der Waals surface area contributed by atoms with Gasteiger partial charge in [0.25, 0.3) is 0 Å². The summed E-state index contributed by atoms with van der Waals surface area (Å²) in [6.45, 7) is 1.42. The fourth-order valence-corrected chi connectivity index (χ4v) is 3.66. The van der Waals surface area contributed by atoms with Crippen LogP contribution >= 0.6 is 0 Å².